The van der Waals surface area contributed by atoms with Crippen LogP contribution in [0.15, 0.2) is 0 Å². The fraction of sp³-hybridized carbons (Fsp3) is 0.933. The maximum atomic E-state index is 11.9. The van der Waals surface area contributed by atoms with Crippen molar-refractivity contribution in [2.45, 2.75) is 45.8 Å². The number of amides is 1. The lowest BCUT2D eigenvalue weighted by molar-refractivity contribution is -0.124. The van der Waals surface area contributed by atoms with Gasteiger partial charge in [-0.2, -0.15) is 0 Å². The number of nitrogens with two attached hydrogens (primary N) is 1. The molecule has 1 rings (SSSR count). The van der Waals surface area contributed by atoms with Crippen LogP contribution < -0.4 is 11.1 Å². The lowest BCUT2D eigenvalue weighted by atomic mass is 9.92. The van der Waals surface area contributed by atoms with Crippen LogP contribution in [0.3, 0.4) is 0 Å². The SMILES string of the molecule is COC(CN)CC(=O)NC(C)CN1CC(C)CC(C)C1.Cl.Cl. The molecule has 7 heteroatoms. The quantitative estimate of drug-likeness (QED) is 0.727. The molecule has 1 aliphatic heterocycles. The van der Waals surface area contributed by atoms with Gasteiger partial charge in [-0.05, 0) is 25.2 Å². The number of carbonyl (C=O) groups is 1. The summed E-state index contributed by atoms with van der Waals surface area (Å²) in [5.41, 5.74) is 5.53. The Kier molecular flexibility index (Phi) is 13.6. The monoisotopic (exact) mass is 357 g/mol. The molecule has 0 aromatic heterocycles. The minimum absolute atomic E-state index is 0. The number of likely N-dealkylation sites (tertiary alicyclic amines) is 1. The predicted octanol–water partition coefficient (Wildman–Crippen LogP) is 1.68. The van der Waals surface area contributed by atoms with Crippen molar-refractivity contribution in [1.82, 2.24) is 10.2 Å². The first-order valence-electron chi connectivity index (χ1n) is 7.69. The Labute approximate surface area is 147 Å². The molecule has 0 spiro atoms. The first-order valence-corrected chi connectivity index (χ1v) is 7.69. The zero-order valence-corrected chi connectivity index (χ0v) is 15.8. The molecule has 0 saturated carbocycles. The average Bonchev–Trinajstić information content (AvgIpc) is 2.34. The summed E-state index contributed by atoms with van der Waals surface area (Å²) >= 11 is 0. The number of ether oxygens (including phenoxy) is 1. The van der Waals surface area contributed by atoms with Gasteiger partial charge in [-0.15, -0.1) is 24.8 Å². The van der Waals surface area contributed by atoms with E-state index in [4.69, 9.17) is 10.5 Å². The van der Waals surface area contributed by atoms with Crippen LogP contribution in [0.1, 0.15) is 33.6 Å². The van der Waals surface area contributed by atoms with Crippen LogP contribution in [0.2, 0.25) is 0 Å². The van der Waals surface area contributed by atoms with Crippen molar-refractivity contribution in [2.24, 2.45) is 17.6 Å². The van der Waals surface area contributed by atoms with E-state index >= 15 is 0 Å². The minimum atomic E-state index is -0.183. The number of methoxy groups -OCH3 is 1. The Bertz CT molecular complexity index is 295. The Balaban J connectivity index is 0. The summed E-state index contributed by atoms with van der Waals surface area (Å²) in [4.78, 5) is 14.3. The zero-order valence-electron chi connectivity index (χ0n) is 14.2. The van der Waals surface area contributed by atoms with Crippen LogP contribution in [-0.2, 0) is 9.53 Å². The van der Waals surface area contributed by atoms with E-state index in [1.54, 1.807) is 7.11 Å². The fourth-order valence-electron chi connectivity index (χ4n) is 3.18. The molecular formula is C15H33Cl2N3O2. The van der Waals surface area contributed by atoms with Gasteiger partial charge in [0.25, 0.3) is 0 Å². The molecule has 1 heterocycles. The number of nitrogens with zero attached hydrogens (tertiary/aromatic N) is 1. The van der Waals surface area contributed by atoms with Crippen LogP contribution in [0, 0.1) is 11.8 Å². The average molecular weight is 358 g/mol. The van der Waals surface area contributed by atoms with Crippen molar-refractivity contribution >= 4 is 30.7 Å². The number of rotatable bonds is 7. The predicted molar refractivity (Wildman–Crippen MR) is 96.0 cm³/mol. The van der Waals surface area contributed by atoms with Crippen LogP contribution in [0.5, 0.6) is 0 Å². The first kappa shape index (κ1) is 24.2. The molecule has 1 amide bonds. The zero-order chi connectivity index (χ0) is 15.1. The summed E-state index contributed by atoms with van der Waals surface area (Å²) in [6.07, 6.45) is 1.46. The number of hydrogen-bond acceptors (Lipinski definition) is 4. The third kappa shape index (κ3) is 9.16. The van der Waals surface area contributed by atoms with Crippen LogP contribution in [0.25, 0.3) is 0 Å². The molecule has 3 N–H and O–H groups in total. The molecule has 0 aliphatic carbocycles. The molecule has 1 aliphatic rings. The van der Waals surface area contributed by atoms with E-state index in [2.05, 4.69) is 31.0 Å². The first-order chi connectivity index (χ1) is 9.44. The third-order valence-electron chi connectivity index (χ3n) is 3.89. The summed E-state index contributed by atoms with van der Waals surface area (Å²) in [6.45, 7) is 10.2. The largest absolute Gasteiger partial charge is 0.380 e. The molecule has 5 nitrogen and oxygen atoms in total. The highest BCUT2D eigenvalue weighted by Gasteiger charge is 2.23. The second-order valence-electron chi connectivity index (χ2n) is 6.43. The molecule has 1 saturated heterocycles. The van der Waals surface area contributed by atoms with Gasteiger partial charge < -0.3 is 20.7 Å². The maximum absolute atomic E-state index is 11.9. The lowest BCUT2D eigenvalue weighted by Gasteiger charge is -2.36. The van der Waals surface area contributed by atoms with Crippen molar-refractivity contribution < 1.29 is 9.53 Å². The highest BCUT2D eigenvalue weighted by molar-refractivity contribution is 5.85. The van der Waals surface area contributed by atoms with E-state index in [9.17, 15) is 4.79 Å². The van der Waals surface area contributed by atoms with Crippen molar-refractivity contribution in [3.05, 3.63) is 0 Å². The summed E-state index contributed by atoms with van der Waals surface area (Å²) in [6, 6.07) is 0.162. The van der Waals surface area contributed by atoms with E-state index in [-0.39, 0.29) is 42.9 Å². The molecule has 4 atom stereocenters. The van der Waals surface area contributed by atoms with Gasteiger partial charge in [0, 0.05) is 39.3 Å². The van der Waals surface area contributed by atoms with E-state index in [1.165, 1.54) is 6.42 Å². The van der Waals surface area contributed by atoms with Crippen molar-refractivity contribution in [3.63, 3.8) is 0 Å². The smallest absolute Gasteiger partial charge is 0.222 e. The lowest BCUT2D eigenvalue weighted by Crippen LogP contribution is -2.47. The van der Waals surface area contributed by atoms with Gasteiger partial charge in [-0.1, -0.05) is 13.8 Å². The molecule has 1 fully saturated rings. The van der Waals surface area contributed by atoms with E-state index < -0.39 is 0 Å². The molecule has 0 aromatic carbocycles. The van der Waals surface area contributed by atoms with Crippen molar-refractivity contribution in [1.29, 1.82) is 0 Å². The Morgan fingerprint density at radius 2 is 1.86 bits per heavy atom. The van der Waals surface area contributed by atoms with Crippen molar-refractivity contribution in [2.75, 3.05) is 33.3 Å². The Hall–Kier alpha value is -0.0700. The van der Waals surface area contributed by atoms with E-state index in [0.29, 0.717) is 13.0 Å². The van der Waals surface area contributed by atoms with Gasteiger partial charge in [-0.3, -0.25) is 4.79 Å². The molecule has 0 radical (unpaired) electrons. The van der Waals surface area contributed by atoms with Crippen molar-refractivity contribution in [3.8, 4) is 0 Å². The topological polar surface area (TPSA) is 67.6 Å². The minimum Gasteiger partial charge on any atom is -0.380 e. The van der Waals surface area contributed by atoms with Gasteiger partial charge >= 0.3 is 0 Å². The molecule has 4 unspecified atom stereocenters. The van der Waals surface area contributed by atoms with Crippen LogP contribution in [0.4, 0.5) is 0 Å². The van der Waals surface area contributed by atoms with Gasteiger partial charge in [-0.25, -0.2) is 0 Å². The number of carbonyl (C=O) groups excluding carboxylic acids is 1. The molecular weight excluding hydrogens is 325 g/mol. The number of piperidine rings is 1. The van der Waals surface area contributed by atoms with Gasteiger partial charge in [0.2, 0.25) is 5.91 Å². The van der Waals surface area contributed by atoms with Crippen LogP contribution >= 0.6 is 24.8 Å². The van der Waals surface area contributed by atoms with Gasteiger partial charge in [0.15, 0.2) is 0 Å². The second-order valence-corrected chi connectivity index (χ2v) is 6.43. The molecule has 0 bridgehead atoms. The van der Waals surface area contributed by atoms with E-state index in [0.717, 1.165) is 31.5 Å². The van der Waals surface area contributed by atoms with E-state index in [1.807, 2.05) is 0 Å². The standard InChI is InChI=1S/C15H31N3O2.2ClH/c1-11-5-12(2)9-18(8-11)10-13(3)17-15(19)6-14(7-16)20-4;;/h11-14H,5-10,16H2,1-4H3,(H,17,19);2*1H. The number of nitrogens with one attached hydrogen (secondary N) is 1. The highest BCUT2D eigenvalue weighted by Crippen LogP contribution is 2.20. The molecule has 22 heavy (non-hydrogen) atoms. The number of hydrogen-bond donors (Lipinski definition) is 2. The molecule has 134 valence electrons. The summed E-state index contributed by atoms with van der Waals surface area (Å²) < 4.78 is 5.13. The van der Waals surface area contributed by atoms with Gasteiger partial charge in [0.1, 0.15) is 0 Å². The summed E-state index contributed by atoms with van der Waals surface area (Å²) in [7, 11) is 1.59. The third-order valence-corrected chi connectivity index (χ3v) is 3.89. The van der Waals surface area contributed by atoms with Gasteiger partial charge in [0.05, 0.1) is 12.5 Å². The molecule has 0 aromatic rings. The normalized spacial score (nSPS) is 24.6. The van der Waals surface area contributed by atoms with Crippen LogP contribution in [-0.4, -0.2) is 56.2 Å². The maximum Gasteiger partial charge on any atom is 0.222 e. The Morgan fingerprint density at radius 3 is 2.32 bits per heavy atom. The number of halogens is 2. The summed E-state index contributed by atoms with van der Waals surface area (Å²) in [5, 5.41) is 3.04. The second kappa shape index (κ2) is 12.4. The fourth-order valence-corrected chi connectivity index (χ4v) is 3.18. The summed E-state index contributed by atoms with van der Waals surface area (Å²) in [5.74, 6) is 1.52. The highest BCUT2D eigenvalue weighted by atomic mass is 35.5. The Morgan fingerprint density at radius 1 is 1.32 bits per heavy atom.